The lowest BCUT2D eigenvalue weighted by atomic mass is 9.92. The van der Waals surface area contributed by atoms with E-state index in [1.54, 1.807) is 7.11 Å². The normalized spacial score (nSPS) is 10.9. The van der Waals surface area contributed by atoms with Crippen LogP contribution in [0, 0.1) is 0 Å². The molecule has 0 aliphatic carbocycles. The van der Waals surface area contributed by atoms with Gasteiger partial charge in [0.1, 0.15) is 5.75 Å². The average Bonchev–Trinajstić information content (AvgIpc) is 3.12. The first-order valence-corrected chi connectivity index (χ1v) is 7.18. The molecule has 0 atom stereocenters. The van der Waals surface area contributed by atoms with Gasteiger partial charge in [0.15, 0.2) is 0 Å². The molecule has 2 heterocycles. The lowest BCUT2D eigenvalue weighted by molar-refractivity contribution is 0.414. The number of rotatable bonds is 4. The Labute approximate surface area is 126 Å². The van der Waals surface area contributed by atoms with Gasteiger partial charge in [-0.3, -0.25) is 0 Å². The van der Waals surface area contributed by atoms with E-state index in [4.69, 9.17) is 4.74 Å². The van der Waals surface area contributed by atoms with Crippen LogP contribution in [0.5, 0.6) is 5.75 Å². The van der Waals surface area contributed by atoms with Gasteiger partial charge in [-0.05, 0) is 48.0 Å². The van der Waals surface area contributed by atoms with Crippen molar-refractivity contribution in [2.45, 2.75) is 5.92 Å². The van der Waals surface area contributed by atoms with E-state index in [2.05, 4.69) is 50.2 Å². The molecule has 3 rings (SSSR count). The molecule has 0 amide bonds. The number of halogens is 1. The van der Waals surface area contributed by atoms with Crippen molar-refractivity contribution in [3.63, 3.8) is 0 Å². The molecule has 0 spiro atoms. The summed E-state index contributed by atoms with van der Waals surface area (Å²) in [7, 11) is 1.68. The second-order valence-corrected chi connectivity index (χ2v) is 5.52. The smallest absolute Gasteiger partial charge is 0.120 e. The molecule has 0 aliphatic heterocycles. The van der Waals surface area contributed by atoms with Crippen molar-refractivity contribution < 1.29 is 4.74 Å². The van der Waals surface area contributed by atoms with Gasteiger partial charge in [-0.2, -0.15) is 0 Å². The molecule has 0 radical (unpaired) electrons. The Hall–Kier alpha value is -1.94. The zero-order valence-corrected chi connectivity index (χ0v) is 12.6. The van der Waals surface area contributed by atoms with Gasteiger partial charge in [-0.25, -0.2) is 0 Å². The monoisotopic (exact) mass is 330 g/mol. The van der Waals surface area contributed by atoms with Crippen LogP contribution in [0.3, 0.4) is 0 Å². The van der Waals surface area contributed by atoms with Gasteiger partial charge in [0.2, 0.25) is 0 Å². The van der Waals surface area contributed by atoms with Crippen LogP contribution in [-0.2, 0) is 0 Å². The summed E-state index contributed by atoms with van der Waals surface area (Å²) >= 11 is 3.55. The lowest BCUT2D eigenvalue weighted by Gasteiger charge is -2.16. The Morgan fingerprint density at radius 1 is 1.00 bits per heavy atom. The number of hydrogen-bond acceptors (Lipinski definition) is 1. The van der Waals surface area contributed by atoms with Gasteiger partial charge in [0.05, 0.1) is 13.0 Å². The minimum absolute atomic E-state index is 0.131. The van der Waals surface area contributed by atoms with E-state index < -0.39 is 0 Å². The molecular weight excluding hydrogens is 316 g/mol. The molecule has 1 aromatic carbocycles. The minimum Gasteiger partial charge on any atom is -0.497 e. The van der Waals surface area contributed by atoms with Crippen molar-refractivity contribution in [1.29, 1.82) is 0 Å². The summed E-state index contributed by atoms with van der Waals surface area (Å²) in [6, 6.07) is 14.4. The first-order valence-electron chi connectivity index (χ1n) is 6.39. The van der Waals surface area contributed by atoms with Gasteiger partial charge in [-0.15, -0.1) is 0 Å². The predicted octanol–water partition coefficient (Wildman–Crippen LogP) is 4.29. The Morgan fingerprint density at radius 3 is 2.15 bits per heavy atom. The molecule has 0 aliphatic rings. The van der Waals surface area contributed by atoms with Crippen molar-refractivity contribution in [1.82, 2.24) is 9.97 Å². The van der Waals surface area contributed by atoms with Crippen LogP contribution >= 0.6 is 15.9 Å². The zero-order chi connectivity index (χ0) is 13.9. The summed E-state index contributed by atoms with van der Waals surface area (Å²) in [5.74, 6) is 0.976. The van der Waals surface area contributed by atoms with Gasteiger partial charge in [-0.1, -0.05) is 15.9 Å². The lowest BCUT2D eigenvalue weighted by Crippen LogP contribution is -2.04. The molecule has 2 N–H and O–H groups in total. The quantitative estimate of drug-likeness (QED) is 0.735. The summed E-state index contributed by atoms with van der Waals surface area (Å²) in [5.41, 5.74) is 3.46. The Morgan fingerprint density at radius 2 is 1.65 bits per heavy atom. The second kappa shape index (κ2) is 5.59. The van der Waals surface area contributed by atoms with E-state index >= 15 is 0 Å². The minimum atomic E-state index is 0.131. The molecule has 0 bridgehead atoms. The molecule has 0 fully saturated rings. The van der Waals surface area contributed by atoms with Crippen molar-refractivity contribution in [2.24, 2.45) is 0 Å². The number of nitrogens with one attached hydrogen (secondary N) is 2. The molecule has 4 heteroatoms. The van der Waals surface area contributed by atoms with Crippen LogP contribution in [0.15, 0.2) is 59.3 Å². The van der Waals surface area contributed by atoms with Crippen molar-refractivity contribution in [3.05, 3.63) is 76.3 Å². The maximum atomic E-state index is 5.37. The number of aromatic nitrogens is 2. The van der Waals surface area contributed by atoms with Crippen LogP contribution in [0.25, 0.3) is 0 Å². The third-order valence-electron chi connectivity index (χ3n) is 3.33. The van der Waals surface area contributed by atoms with Crippen LogP contribution in [0.2, 0.25) is 0 Å². The Kier molecular flexibility index (Phi) is 3.65. The number of H-pyrrole nitrogens is 2. The SMILES string of the molecule is COc1cc(Br)cc(C(c2ccc[nH]2)c2ccc[nH]2)c1. The van der Waals surface area contributed by atoms with E-state index in [0.29, 0.717) is 0 Å². The molecule has 20 heavy (non-hydrogen) atoms. The number of ether oxygens (including phenoxy) is 1. The van der Waals surface area contributed by atoms with Crippen molar-refractivity contribution in [2.75, 3.05) is 7.11 Å². The zero-order valence-electron chi connectivity index (χ0n) is 11.1. The number of benzene rings is 1. The summed E-state index contributed by atoms with van der Waals surface area (Å²) in [5, 5.41) is 0. The summed E-state index contributed by atoms with van der Waals surface area (Å²) < 4.78 is 6.38. The van der Waals surface area contributed by atoms with E-state index in [1.165, 1.54) is 5.56 Å². The van der Waals surface area contributed by atoms with Crippen LogP contribution in [0.1, 0.15) is 22.9 Å². The van der Waals surface area contributed by atoms with Gasteiger partial charge < -0.3 is 14.7 Å². The van der Waals surface area contributed by atoms with E-state index in [-0.39, 0.29) is 5.92 Å². The molecule has 0 unspecified atom stereocenters. The topological polar surface area (TPSA) is 40.8 Å². The predicted molar refractivity (Wildman–Crippen MR) is 83.2 cm³/mol. The standard InChI is InChI=1S/C16H15BrN2O/c1-20-13-9-11(8-12(17)10-13)16(14-4-2-6-18-14)15-5-3-7-19-15/h2-10,16,18-19H,1H3. The highest BCUT2D eigenvalue weighted by atomic mass is 79.9. The molecule has 0 saturated heterocycles. The molecule has 3 aromatic rings. The fourth-order valence-electron chi connectivity index (χ4n) is 2.44. The highest BCUT2D eigenvalue weighted by molar-refractivity contribution is 9.10. The maximum absolute atomic E-state index is 5.37. The van der Waals surface area contributed by atoms with Crippen molar-refractivity contribution >= 4 is 15.9 Å². The largest absolute Gasteiger partial charge is 0.497 e. The second-order valence-electron chi connectivity index (χ2n) is 4.61. The molecule has 102 valence electrons. The van der Waals surface area contributed by atoms with Gasteiger partial charge >= 0.3 is 0 Å². The molecule has 3 nitrogen and oxygen atoms in total. The summed E-state index contributed by atoms with van der Waals surface area (Å²) in [4.78, 5) is 6.61. The van der Waals surface area contributed by atoms with Crippen LogP contribution < -0.4 is 4.74 Å². The first-order chi connectivity index (χ1) is 9.78. The Balaban J connectivity index is 2.13. The van der Waals surface area contributed by atoms with Gasteiger partial charge in [0.25, 0.3) is 0 Å². The van der Waals surface area contributed by atoms with Crippen molar-refractivity contribution in [3.8, 4) is 5.75 Å². The van der Waals surface area contributed by atoms with Gasteiger partial charge in [0, 0.05) is 28.3 Å². The Bertz CT molecular complexity index is 640. The number of aromatic amines is 2. The third kappa shape index (κ3) is 2.51. The van der Waals surface area contributed by atoms with Crippen LogP contribution in [0.4, 0.5) is 0 Å². The highest BCUT2D eigenvalue weighted by Gasteiger charge is 2.19. The number of hydrogen-bond donors (Lipinski definition) is 2. The van der Waals surface area contributed by atoms with E-state index in [0.717, 1.165) is 21.6 Å². The number of methoxy groups -OCH3 is 1. The maximum Gasteiger partial charge on any atom is 0.120 e. The van der Waals surface area contributed by atoms with E-state index in [9.17, 15) is 0 Å². The summed E-state index contributed by atoms with van der Waals surface area (Å²) in [6.45, 7) is 0. The fourth-order valence-corrected chi connectivity index (χ4v) is 2.93. The molecule has 0 saturated carbocycles. The summed E-state index contributed by atoms with van der Waals surface area (Å²) in [6.07, 6.45) is 3.89. The molecular formula is C16H15BrN2O. The first kappa shape index (κ1) is 13.1. The highest BCUT2D eigenvalue weighted by Crippen LogP contribution is 2.34. The van der Waals surface area contributed by atoms with E-state index in [1.807, 2.05) is 30.6 Å². The third-order valence-corrected chi connectivity index (χ3v) is 3.79. The fraction of sp³-hybridized carbons (Fsp3) is 0.125. The molecule has 2 aromatic heterocycles. The average molecular weight is 331 g/mol. The van der Waals surface area contributed by atoms with Crippen LogP contribution in [-0.4, -0.2) is 17.1 Å².